The molecule has 1 atom stereocenters. The molecule has 22 heavy (non-hydrogen) atoms. The molecule has 0 radical (unpaired) electrons. The predicted octanol–water partition coefficient (Wildman–Crippen LogP) is 2.05. The monoisotopic (exact) mass is 300 g/mol. The second-order valence-electron chi connectivity index (χ2n) is 5.42. The van der Waals surface area contributed by atoms with E-state index in [9.17, 15) is 4.79 Å². The van der Waals surface area contributed by atoms with Gasteiger partial charge in [0.15, 0.2) is 0 Å². The number of carbonyl (C=O) groups excluding carboxylic acids is 1. The molecule has 1 unspecified atom stereocenters. The van der Waals surface area contributed by atoms with E-state index in [1.54, 1.807) is 19.4 Å². The number of amides is 1. The van der Waals surface area contributed by atoms with Gasteiger partial charge in [0.25, 0.3) is 0 Å². The molecule has 1 aliphatic heterocycles. The van der Waals surface area contributed by atoms with Crippen LogP contribution in [0.3, 0.4) is 0 Å². The van der Waals surface area contributed by atoms with Crippen molar-refractivity contribution in [2.45, 2.75) is 32.7 Å². The minimum atomic E-state index is -0.0401. The van der Waals surface area contributed by atoms with Gasteiger partial charge in [-0.15, -0.1) is 0 Å². The van der Waals surface area contributed by atoms with Crippen LogP contribution in [0.1, 0.15) is 24.9 Å². The van der Waals surface area contributed by atoms with E-state index in [-0.39, 0.29) is 11.8 Å². The van der Waals surface area contributed by atoms with Crippen molar-refractivity contribution in [3.05, 3.63) is 36.0 Å². The topological polar surface area (TPSA) is 69.0 Å². The standard InChI is InChI=1S/C16H20N4O2/c1-3-12-13(4-5-15(18-12)22-2)19-16(21)11-6-8-20-9-7-17-14(20)10-11/h4-5,7,9,11H,3,6,8,10H2,1-2H3,(H,19,21). The Morgan fingerprint density at radius 2 is 2.36 bits per heavy atom. The number of rotatable bonds is 4. The third-order valence-electron chi connectivity index (χ3n) is 4.07. The van der Waals surface area contributed by atoms with Crippen molar-refractivity contribution >= 4 is 11.6 Å². The average molecular weight is 300 g/mol. The van der Waals surface area contributed by atoms with Gasteiger partial charge in [-0.3, -0.25) is 4.79 Å². The van der Waals surface area contributed by atoms with E-state index in [0.717, 1.165) is 36.6 Å². The summed E-state index contributed by atoms with van der Waals surface area (Å²) in [5, 5.41) is 3.01. The van der Waals surface area contributed by atoms with Gasteiger partial charge < -0.3 is 14.6 Å². The van der Waals surface area contributed by atoms with Crippen LogP contribution in [0, 0.1) is 5.92 Å². The van der Waals surface area contributed by atoms with Gasteiger partial charge >= 0.3 is 0 Å². The minimum Gasteiger partial charge on any atom is -0.481 e. The zero-order valence-corrected chi connectivity index (χ0v) is 12.9. The maximum absolute atomic E-state index is 12.5. The number of imidazole rings is 1. The summed E-state index contributed by atoms with van der Waals surface area (Å²) in [5.74, 6) is 1.54. The third-order valence-corrected chi connectivity index (χ3v) is 4.07. The average Bonchev–Trinajstić information content (AvgIpc) is 3.02. The molecular formula is C16H20N4O2. The van der Waals surface area contributed by atoms with Gasteiger partial charge in [-0.25, -0.2) is 9.97 Å². The lowest BCUT2D eigenvalue weighted by molar-refractivity contribution is -0.120. The second kappa shape index (κ2) is 6.17. The summed E-state index contributed by atoms with van der Waals surface area (Å²) < 4.78 is 7.24. The Hall–Kier alpha value is -2.37. The van der Waals surface area contributed by atoms with Crippen LogP contribution in [-0.2, 0) is 24.2 Å². The number of aryl methyl sites for hydroxylation is 2. The molecule has 1 aliphatic rings. The number of ether oxygens (including phenoxy) is 1. The number of hydrogen-bond donors (Lipinski definition) is 1. The van der Waals surface area contributed by atoms with E-state index >= 15 is 0 Å². The Labute approximate surface area is 129 Å². The highest BCUT2D eigenvalue weighted by molar-refractivity contribution is 5.93. The molecule has 3 heterocycles. The molecule has 1 amide bonds. The highest BCUT2D eigenvalue weighted by Crippen LogP contribution is 2.23. The van der Waals surface area contributed by atoms with Gasteiger partial charge in [0, 0.05) is 37.3 Å². The molecule has 2 aromatic heterocycles. The number of nitrogens with one attached hydrogen (secondary N) is 1. The quantitative estimate of drug-likeness (QED) is 0.938. The molecule has 6 heteroatoms. The summed E-state index contributed by atoms with van der Waals surface area (Å²) in [6.45, 7) is 2.85. The van der Waals surface area contributed by atoms with Gasteiger partial charge in [-0.05, 0) is 18.9 Å². The molecule has 0 saturated carbocycles. The molecule has 0 bridgehead atoms. The van der Waals surface area contributed by atoms with Crippen LogP contribution in [-0.4, -0.2) is 27.6 Å². The number of carbonyl (C=O) groups is 1. The van der Waals surface area contributed by atoms with Crippen molar-refractivity contribution in [1.82, 2.24) is 14.5 Å². The van der Waals surface area contributed by atoms with E-state index in [2.05, 4.69) is 19.9 Å². The Bertz CT molecular complexity index is 681. The van der Waals surface area contributed by atoms with E-state index in [4.69, 9.17) is 4.74 Å². The van der Waals surface area contributed by atoms with Crippen LogP contribution in [0.2, 0.25) is 0 Å². The van der Waals surface area contributed by atoms with Crippen molar-refractivity contribution in [1.29, 1.82) is 0 Å². The predicted molar refractivity (Wildman–Crippen MR) is 82.8 cm³/mol. The van der Waals surface area contributed by atoms with Crippen molar-refractivity contribution in [2.75, 3.05) is 12.4 Å². The fourth-order valence-electron chi connectivity index (χ4n) is 2.79. The highest BCUT2D eigenvalue weighted by Gasteiger charge is 2.25. The van der Waals surface area contributed by atoms with E-state index in [1.165, 1.54) is 0 Å². The molecule has 2 aromatic rings. The van der Waals surface area contributed by atoms with Crippen LogP contribution in [0.25, 0.3) is 0 Å². The number of aromatic nitrogens is 3. The highest BCUT2D eigenvalue weighted by atomic mass is 16.5. The largest absolute Gasteiger partial charge is 0.481 e. The molecule has 3 rings (SSSR count). The maximum atomic E-state index is 12.5. The normalized spacial score (nSPS) is 16.9. The summed E-state index contributed by atoms with van der Waals surface area (Å²) in [7, 11) is 1.59. The first-order valence-corrected chi connectivity index (χ1v) is 7.56. The second-order valence-corrected chi connectivity index (χ2v) is 5.42. The van der Waals surface area contributed by atoms with Gasteiger partial charge in [0.1, 0.15) is 5.82 Å². The molecule has 0 saturated heterocycles. The molecule has 0 spiro atoms. The van der Waals surface area contributed by atoms with Crippen LogP contribution in [0.5, 0.6) is 5.88 Å². The fraction of sp³-hybridized carbons (Fsp3) is 0.438. The Morgan fingerprint density at radius 1 is 1.50 bits per heavy atom. The van der Waals surface area contributed by atoms with Crippen molar-refractivity contribution in [3.8, 4) is 5.88 Å². The van der Waals surface area contributed by atoms with Crippen LogP contribution in [0.4, 0.5) is 5.69 Å². The molecule has 0 aliphatic carbocycles. The zero-order chi connectivity index (χ0) is 15.5. The summed E-state index contributed by atoms with van der Waals surface area (Å²) in [6, 6.07) is 3.62. The van der Waals surface area contributed by atoms with Gasteiger partial charge in [0.2, 0.25) is 11.8 Å². The molecule has 6 nitrogen and oxygen atoms in total. The Balaban J connectivity index is 1.72. The van der Waals surface area contributed by atoms with Gasteiger partial charge in [-0.2, -0.15) is 0 Å². The minimum absolute atomic E-state index is 0.0379. The van der Waals surface area contributed by atoms with E-state index in [1.807, 2.05) is 19.2 Å². The number of fused-ring (bicyclic) bond motifs is 1. The number of nitrogens with zero attached hydrogens (tertiary/aromatic N) is 3. The number of methoxy groups -OCH3 is 1. The molecule has 1 N–H and O–H groups in total. The zero-order valence-electron chi connectivity index (χ0n) is 12.9. The van der Waals surface area contributed by atoms with Crippen LogP contribution in [0.15, 0.2) is 24.5 Å². The molecule has 0 fully saturated rings. The first kappa shape index (κ1) is 14.6. The number of hydrogen-bond acceptors (Lipinski definition) is 4. The van der Waals surface area contributed by atoms with Crippen molar-refractivity contribution in [3.63, 3.8) is 0 Å². The summed E-state index contributed by atoms with van der Waals surface area (Å²) in [6.07, 6.45) is 6.01. The lowest BCUT2D eigenvalue weighted by Crippen LogP contribution is -2.30. The van der Waals surface area contributed by atoms with Crippen LogP contribution < -0.4 is 10.1 Å². The summed E-state index contributed by atoms with van der Waals surface area (Å²) >= 11 is 0. The van der Waals surface area contributed by atoms with Gasteiger partial charge in [-0.1, -0.05) is 6.92 Å². The van der Waals surface area contributed by atoms with Gasteiger partial charge in [0.05, 0.1) is 18.5 Å². The third kappa shape index (κ3) is 2.81. The van der Waals surface area contributed by atoms with E-state index < -0.39 is 0 Å². The summed E-state index contributed by atoms with van der Waals surface area (Å²) in [4.78, 5) is 21.2. The van der Waals surface area contributed by atoms with Crippen molar-refractivity contribution in [2.24, 2.45) is 5.92 Å². The lowest BCUT2D eigenvalue weighted by Gasteiger charge is -2.23. The number of anilines is 1. The lowest BCUT2D eigenvalue weighted by atomic mass is 9.96. The molecule has 116 valence electrons. The smallest absolute Gasteiger partial charge is 0.228 e. The Kier molecular flexibility index (Phi) is 4.09. The fourth-order valence-corrected chi connectivity index (χ4v) is 2.79. The van der Waals surface area contributed by atoms with Crippen molar-refractivity contribution < 1.29 is 9.53 Å². The van der Waals surface area contributed by atoms with Crippen LogP contribution >= 0.6 is 0 Å². The number of pyridine rings is 1. The Morgan fingerprint density at radius 3 is 3.14 bits per heavy atom. The first-order chi connectivity index (χ1) is 10.7. The first-order valence-electron chi connectivity index (χ1n) is 7.56. The SMILES string of the molecule is CCc1nc(OC)ccc1NC(=O)C1CCn2ccnc2C1. The molecular weight excluding hydrogens is 280 g/mol. The summed E-state index contributed by atoms with van der Waals surface area (Å²) in [5.41, 5.74) is 1.60. The van der Waals surface area contributed by atoms with E-state index in [0.29, 0.717) is 12.3 Å². The molecule has 0 aromatic carbocycles. The maximum Gasteiger partial charge on any atom is 0.228 e.